The molecule has 1 aliphatic rings. The van der Waals surface area contributed by atoms with E-state index in [2.05, 4.69) is 4.72 Å². The molecule has 0 fully saturated rings. The van der Waals surface area contributed by atoms with Gasteiger partial charge in [-0.2, -0.15) is 0 Å². The third-order valence-corrected chi connectivity index (χ3v) is 6.23. The maximum absolute atomic E-state index is 13.7. The summed E-state index contributed by atoms with van der Waals surface area (Å²) >= 11 is 1.61. The summed E-state index contributed by atoms with van der Waals surface area (Å²) in [6.07, 6.45) is 3.28. The summed E-state index contributed by atoms with van der Waals surface area (Å²) < 4.78 is 40.5. The second-order valence-electron chi connectivity index (χ2n) is 5.00. The van der Waals surface area contributed by atoms with E-state index in [-0.39, 0.29) is 12.2 Å². The third kappa shape index (κ3) is 2.81. The van der Waals surface area contributed by atoms with Gasteiger partial charge in [0, 0.05) is 16.3 Å². The van der Waals surface area contributed by atoms with Crippen molar-refractivity contribution in [1.82, 2.24) is 4.72 Å². The van der Waals surface area contributed by atoms with Crippen LogP contribution in [0.5, 0.6) is 0 Å². The predicted molar refractivity (Wildman–Crippen MR) is 81.2 cm³/mol. The maximum Gasteiger partial charge on any atom is 0.245 e. The molecule has 1 heterocycles. The van der Waals surface area contributed by atoms with Gasteiger partial charge in [0.2, 0.25) is 10.0 Å². The Morgan fingerprint density at radius 3 is 2.86 bits per heavy atom. The zero-order valence-electron chi connectivity index (χ0n) is 11.2. The molecule has 1 aliphatic carbocycles. The summed E-state index contributed by atoms with van der Waals surface area (Å²) in [4.78, 5) is 1.79. The lowest BCUT2D eigenvalue weighted by molar-refractivity contribution is 0.558. The number of hydrogen-bond acceptors (Lipinski definition) is 4. The van der Waals surface area contributed by atoms with Gasteiger partial charge in [-0.25, -0.2) is 17.5 Å². The van der Waals surface area contributed by atoms with Crippen LogP contribution in [0.25, 0.3) is 0 Å². The van der Waals surface area contributed by atoms with Crippen molar-refractivity contribution in [3.8, 4) is 0 Å². The van der Waals surface area contributed by atoms with Crippen LogP contribution in [0.4, 0.5) is 10.1 Å². The molecule has 0 saturated heterocycles. The molecule has 7 heteroatoms. The molecule has 1 aromatic carbocycles. The third-order valence-electron chi connectivity index (χ3n) is 3.50. The van der Waals surface area contributed by atoms with Crippen molar-refractivity contribution < 1.29 is 12.8 Å². The number of nitrogen functional groups attached to an aromatic ring is 1. The van der Waals surface area contributed by atoms with Crippen molar-refractivity contribution in [2.75, 3.05) is 5.73 Å². The Kier molecular flexibility index (Phi) is 3.73. The Labute approximate surface area is 126 Å². The molecule has 1 aromatic heterocycles. The summed E-state index contributed by atoms with van der Waals surface area (Å²) in [5.41, 5.74) is 6.80. The fraction of sp³-hybridized carbons (Fsp3) is 0.286. The van der Waals surface area contributed by atoms with Crippen LogP contribution in [0.2, 0.25) is 0 Å². The molecule has 0 unspecified atom stereocenters. The smallest absolute Gasteiger partial charge is 0.245 e. The SMILES string of the molecule is Nc1cccc(F)c1S(=O)(=O)NCc1cc2c(s1)CCC2. The van der Waals surface area contributed by atoms with E-state index in [0.29, 0.717) is 0 Å². The van der Waals surface area contributed by atoms with Crippen LogP contribution >= 0.6 is 11.3 Å². The summed E-state index contributed by atoms with van der Waals surface area (Å²) in [6.45, 7) is 0.160. The van der Waals surface area contributed by atoms with E-state index in [1.54, 1.807) is 11.3 Å². The van der Waals surface area contributed by atoms with Crippen molar-refractivity contribution in [2.45, 2.75) is 30.7 Å². The number of hydrogen-bond donors (Lipinski definition) is 2. The first-order valence-corrected chi connectivity index (χ1v) is 8.91. The lowest BCUT2D eigenvalue weighted by Gasteiger charge is -2.09. The van der Waals surface area contributed by atoms with E-state index in [1.807, 2.05) is 6.07 Å². The zero-order chi connectivity index (χ0) is 15.0. The number of rotatable bonds is 4. The highest BCUT2D eigenvalue weighted by Gasteiger charge is 2.22. The lowest BCUT2D eigenvalue weighted by Crippen LogP contribution is -2.24. The van der Waals surface area contributed by atoms with Gasteiger partial charge in [-0.3, -0.25) is 0 Å². The van der Waals surface area contributed by atoms with Crippen molar-refractivity contribution in [1.29, 1.82) is 0 Å². The molecule has 0 spiro atoms. The first-order chi connectivity index (χ1) is 9.97. The van der Waals surface area contributed by atoms with E-state index >= 15 is 0 Å². The number of benzene rings is 1. The molecule has 2 aromatic rings. The zero-order valence-corrected chi connectivity index (χ0v) is 12.9. The fourth-order valence-corrected chi connectivity index (χ4v) is 5.01. The van der Waals surface area contributed by atoms with Crippen LogP contribution < -0.4 is 10.5 Å². The lowest BCUT2D eigenvalue weighted by atomic mass is 10.2. The Hall–Kier alpha value is -1.44. The minimum absolute atomic E-state index is 0.0869. The van der Waals surface area contributed by atoms with E-state index in [0.717, 1.165) is 23.8 Å². The van der Waals surface area contributed by atoms with Crippen molar-refractivity contribution in [3.05, 3.63) is 45.4 Å². The summed E-state index contributed by atoms with van der Waals surface area (Å²) in [5, 5.41) is 0. The monoisotopic (exact) mass is 326 g/mol. The minimum Gasteiger partial charge on any atom is -0.398 e. The highest BCUT2D eigenvalue weighted by atomic mass is 32.2. The Bertz CT molecular complexity index is 743. The molecule has 21 heavy (non-hydrogen) atoms. The maximum atomic E-state index is 13.7. The van der Waals surface area contributed by atoms with Crippen LogP contribution in [0, 0.1) is 5.82 Å². The van der Waals surface area contributed by atoms with Gasteiger partial charge in [0.05, 0.1) is 5.69 Å². The summed E-state index contributed by atoms with van der Waals surface area (Å²) in [7, 11) is -3.96. The fourth-order valence-electron chi connectivity index (χ4n) is 2.53. The standard InChI is InChI=1S/C14H15FN2O2S2/c15-11-4-2-5-12(16)14(11)21(18,19)17-8-10-7-9-3-1-6-13(9)20-10/h2,4-5,7,17H,1,3,6,8,16H2. The molecule has 0 bridgehead atoms. The van der Waals surface area contributed by atoms with Gasteiger partial charge >= 0.3 is 0 Å². The van der Waals surface area contributed by atoms with Crippen molar-refractivity contribution in [2.24, 2.45) is 0 Å². The van der Waals surface area contributed by atoms with Gasteiger partial charge < -0.3 is 5.73 Å². The number of anilines is 1. The molecule has 0 radical (unpaired) electrons. The molecule has 0 atom stereocenters. The first-order valence-electron chi connectivity index (χ1n) is 6.61. The largest absolute Gasteiger partial charge is 0.398 e. The Morgan fingerprint density at radius 2 is 2.14 bits per heavy atom. The van der Waals surface area contributed by atoms with Crippen LogP contribution in [0.15, 0.2) is 29.2 Å². The van der Waals surface area contributed by atoms with Crippen LogP contribution in [0.1, 0.15) is 21.7 Å². The Morgan fingerprint density at radius 1 is 1.33 bits per heavy atom. The van der Waals surface area contributed by atoms with E-state index in [1.165, 1.54) is 29.0 Å². The highest BCUT2D eigenvalue weighted by molar-refractivity contribution is 7.89. The molecular weight excluding hydrogens is 311 g/mol. The van der Waals surface area contributed by atoms with Gasteiger partial charge in [0.1, 0.15) is 10.7 Å². The average molecular weight is 326 g/mol. The molecule has 0 aliphatic heterocycles. The van der Waals surface area contributed by atoms with Crippen molar-refractivity contribution >= 4 is 27.0 Å². The second-order valence-corrected chi connectivity index (χ2v) is 7.92. The van der Waals surface area contributed by atoms with Gasteiger partial charge in [-0.1, -0.05) is 6.07 Å². The van der Waals surface area contributed by atoms with Crippen LogP contribution in [0.3, 0.4) is 0 Å². The number of nitrogens with one attached hydrogen (secondary N) is 1. The molecule has 0 amide bonds. The topological polar surface area (TPSA) is 72.2 Å². The average Bonchev–Trinajstić information content (AvgIpc) is 2.96. The number of sulfonamides is 1. The molecule has 112 valence electrons. The van der Waals surface area contributed by atoms with E-state index in [4.69, 9.17) is 5.73 Å². The number of aryl methyl sites for hydroxylation is 2. The quantitative estimate of drug-likeness (QED) is 0.848. The molecule has 3 rings (SSSR count). The van der Waals surface area contributed by atoms with Gasteiger partial charge in [-0.05, 0) is 43.0 Å². The number of thiophene rings is 1. The Balaban J connectivity index is 1.80. The summed E-state index contributed by atoms with van der Waals surface area (Å²) in [6, 6.07) is 5.87. The molecule has 3 N–H and O–H groups in total. The van der Waals surface area contributed by atoms with Crippen LogP contribution in [-0.2, 0) is 29.4 Å². The first kappa shape index (κ1) is 14.5. The second kappa shape index (κ2) is 5.40. The van der Waals surface area contributed by atoms with Crippen LogP contribution in [-0.4, -0.2) is 8.42 Å². The number of nitrogens with two attached hydrogens (primary N) is 1. The van der Waals surface area contributed by atoms with Crippen molar-refractivity contribution in [3.63, 3.8) is 0 Å². The minimum atomic E-state index is -3.96. The summed E-state index contributed by atoms with van der Waals surface area (Å²) in [5.74, 6) is -0.837. The normalized spacial score (nSPS) is 14.3. The van der Waals surface area contributed by atoms with Gasteiger partial charge in [0.25, 0.3) is 0 Å². The van der Waals surface area contributed by atoms with E-state index in [9.17, 15) is 12.8 Å². The number of fused-ring (bicyclic) bond motifs is 1. The van der Waals surface area contributed by atoms with Gasteiger partial charge in [0.15, 0.2) is 0 Å². The van der Waals surface area contributed by atoms with E-state index < -0.39 is 20.7 Å². The molecule has 0 saturated carbocycles. The molecular formula is C14H15FN2O2S2. The number of halogens is 1. The predicted octanol–water partition coefficient (Wildman–Crippen LogP) is 2.44. The molecule has 4 nitrogen and oxygen atoms in total. The van der Waals surface area contributed by atoms with Gasteiger partial charge in [-0.15, -0.1) is 11.3 Å². The highest BCUT2D eigenvalue weighted by Crippen LogP contribution is 2.31.